The van der Waals surface area contributed by atoms with Gasteiger partial charge in [0.2, 0.25) is 0 Å². The van der Waals surface area contributed by atoms with Crippen molar-refractivity contribution >= 4 is 17.6 Å². The van der Waals surface area contributed by atoms with Crippen molar-refractivity contribution in [3.63, 3.8) is 0 Å². The minimum absolute atomic E-state index is 0.212. The summed E-state index contributed by atoms with van der Waals surface area (Å²) in [5, 5.41) is 15.4. The van der Waals surface area contributed by atoms with Crippen LogP contribution in [0.5, 0.6) is 5.75 Å². The highest BCUT2D eigenvalue weighted by Gasteiger charge is 2.10. The molecule has 0 aliphatic heterocycles. The lowest BCUT2D eigenvalue weighted by molar-refractivity contribution is 0.159. The molecule has 2 atom stereocenters. The smallest absolute Gasteiger partial charge is 0.315 e. The average Bonchev–Trinajstić information content (AvgIpc) is 2.46. The Hall–Kier alpha value is -1.46. The van der Waals surface area contributed by atoms with Crippen molar-refractivity contribution in [3.05, 3.63) is 29.3 Å². The van der Waals surface area contributed by atoms with E-state index < -0.39 is 6.10 Å². The van der Waals surface area contributed by atoms with Crippen LogP contribution < -0.4 is 15.4 Å². The van der Waals surface area contributed by atoms with Gasteiger partial charge < -0.3 is 20.5 Å². The molecular weight excluding hydrogens is 292 g/mol. The number of carbonyl (C=O) groups excluding carboxylic acids is 1. The van der Waals surface area contributed by atoms with Gasteiger partial charge in [0.25, 0.3) is 0 Å². The summed E-state index contributed by atoms with van der Waals surface area (Å²) < 4.78 is 5.64. The first-order valence-corrected chi connectivity index (χ1v) is 7.51. The Kier molecular flexibility index (Phi) is 7.93. The van der Waals surface area contributed by atoms with Crippen LogP contribution in [-0.4, -0.2) is 36.4 Å². The highest BCUT2D eigenvalue weighted by Crippen LogP contribution is 2.23. The summed E-state index contributed by atoms with van der Waals surface area (Å²) in [4.78, 5) is 11.6. The standard InChI is InChI=1S/C15H23ClN2O3/c1-3-6-12(19)10-18-15(20)17-9-11(2)21-14-8-5-4-7-13(14)16/h4-5,7-8,11-12,19H,3,6,9-10H2,1-2H3,(H2,17,18,20). The van der Waals surface area contributed by atoms with Crippen molar-refractivity contribution in [1.82, 2.24) is 10.6 Å². The van der Waals surface area contributed by atoms with Crippen LogP contribution in [0.15, 0.2) is 24.3 Å². The molecule has 1 aromatic carbocycles. The zero-order chi connectivity index (χ0) is 15.7. The molecule has 0 saturated heterocycles. The lowest BCUT2D eigenvalue weighted by atomic mass is 10.2. The maximum atomic E-state index is 11.6. The van der Waals surface area contributed by atoms with Crippen LogP contribution >= 0.6 is 11.6 Å². The van der Waals surface area contributed by atoms with Gasteiger partial charge in [0.05, 0.1) is 17.7 Å². The van der Waals surface area contributed by atoms with Gasteiger partial charge >= 0.3 is 6.03 Å². The van der Waals surface area contributed by atoms with Crippen molar-refractivity contribution in [3.8, 4) is 5.75 Å². The van der Waals surface area contributed by atoms with E-state index in [0.717, 1.165) is 6.42 Å². The summed E-state index contributed by atoms with van der Waals surface area (Å²) in [5.41, 5.74) is 0. The molecule has 1 rings (SSSR count). The topological polar surface area (TPSA) is 70.6 Å². The fourth-order valence-corrected chi connectivity index (χ4v) is 1.92. The molecule has 0 radical (unpaired) electrons. The lowest BCUT2D eigenvalue weighted by Crippen LogP contribution is -2.43. The molecule has 6 heteroatoms. The molecule has 1 aromatic rings. The van der Waals surface area contributed by atoms with Crippen molar-refractivity contribution < 1.29 is 14.6 Å². The third-order valence-electron chi connectivity index (χ3n) is 2.84. The van der Waals surface area contributed by atoms with Crippen LogP contribution in [0.3, 0.4) is 0 Å². The zero-order valence-corrected chi connectivity index (χ0v) is 13.2. The average molecular weight is 315 g/mol. The number of aliphatic hydroxyl groups excluding tert-OH is 1. The highest BCUT2D eigenvalue weighted by atomic mass is 35.5. The second kappa shape index (κ2) is 9.47. The summed E-state index contributed by atoms with van der Waals surface area (Å²) in [6, 6.07) is 6.87. The third-order valence-corrected chi connectivity index (χ3v) is 3.15. The van der Waals surface area contributed by atoms with Gasteiger partial charge in [-0.05, 0) is 25.5 Å². The number of hydrogen-bond acceptors (Lipinski definition) is 3. The molecule has 0 fully saturated rings. The van der Waals surface area contributed by atoms with Gasteiger partial charge in [0.1, 0.15) is 11.9 Å². The van der Waals surface area contributed by atoms with E-state index in [1.807, 2.05) is 26.0 Å². The number of benzene rings is 1. The number of carbonyl (C=O) groups is 1. The van der Waals surface area contributed by atoms with Gasteiger partial charge in [0.15, 0.2) is 0 Å². The number of urea groups is 1. The molecule has 0 bridgehead atoms. The molecule has 0 aliphatic carbocycles. The van der Waals surface area contributed by atoms with Gasteiger partial charge in [-0.25, -0.2) is 4.79 Å². The Morgan fingerprint density at radius 1 is 1.33 bits per heavy atom. The van der Waals surface area contributed by atoms with Crippen LogP contribution in [0.1, 0.15) is 26.7 Å². The maximum absolute atomic E-state index is 11.6. The minimum Gasteiger partial charge on any atom is -0.487 e. The van der Waals surface area contributed by atoms with Crippen LogP contribution in [0, 0.1) is 0 Å². The number of ether oxygens (including phenoxy) is 1. The van der Waals surface area contributed by atoms with Gasteiger partial charge in [-0.1, -0.05) is 37.1 Å². The van der Waals surface area contributed by atoms with E-state index in [-0.39, 0.29) is 18.7 Å². The Balaban J connectivity index is 2.25. The Bertz CT molecular complexity index is 443. The van der Waals surface area contributed by atoms with Gasteiger partial charge in [-0.2, -0.15) is 0 Å². The van der Waals surface area contributed by atoms with Crippen molar-refractivity contribution in [1.29, 1.82) is 0 Å². The fourth-order valence-electron chi connectivity index (χ4n) is 1.74. The molecule has 0 aromatic heterocycles. The summed E-state index contributed by atoms with van der Waals surface area (Å²) in [7, 11) is 0. The molecule has 118 valence electrons. The Morgan fingerprint density at radius 3 is 2.67 bits per heavy atom. The molecule has 0 aliphatic rings. The van der Waals surface area contributed by atoms with E-state index in [1.165, 1.54) is 0 Å². The monoisotopic (exact) mass is 314 g/mol. The first kappa shape index (κ1) is 17.6. The lowest BCUT2D eigenvalue weighted by Gasteiger charge is -2.17. The van der Waals surface area contributed by atoms with Gasteiger partial charge in [-0.15, -0.1) is 0 Å². The summed E-state index contributed by atoms with van der Waals surface area (Å²) in [5.74, 6) is 0.590. The van der Waals surface area contributed by atoms with E-state index in [2.05, 4.69) is 10.6 Å². The maximum Gasteiger partial charge on any atom is 0.315 e. The Labute approximate surface area is 130 Å². The second-order valence-electron chi connectivity index (χ2n) is 4.89. The predicted octanol–water partition coefficient (Wildman–Crippen LogP) is 2.57. The van der Waals surface area contributed by atoms with Crippen molar-refractivity contribution in [2.45, 2.75) is 38.9 Å². The Morgan fingerprint density at radius 2 is 2.00 bits per heavy atom. The first-order valence-electron chi connectivity index (χ1n) is 7.13. The van der Waals surface area contributed by atoms with Crippen LogP contribution in [-0.2, 0) is 0 Å². The third kappa shape index (κ3) is 7.20. The van der Waals surface area contributed by atoms with Crippen molar-refractivity contribution in [2.75, 3.05) is 13.1 Å². The number of halogens is 1. The first-order chi connectivity index (χ1) is 10.0. The summed E-state index contributed by atoms with van der Waals surface area (Å²) in [6.45, 7) is 4.42. The number of hydrogen-bond donors (Lipinski definition) is 3. The zero-order valence-electron chi connectivity index (χ0n) is 12.4. The van der Waals surface area contributed by atoms with E-state index >= 15 is 0 Å². The number of rotatable bonds is 8. The molecule has 21 heavy (non-hydrogen) atoms. The van der Waals surface area contributed by atoms with E-state index in [0.29, 0.717) is 23.7 Å². The van der Waals surface area contributed by atoms with Crippen molar-refractivity contribution in [2.24, 2.45) is 0 Å². The normalized spacial score (nSPS) is 13.3. The van der Waals surface area contributed by atoms with E-state index in [9.17, 15) is 9.90 Å². The molecule has 0 saturated carbocycles. The van der Waals surface area contributed by atoms with Crippen LogP contribution in [0.4, 0.5) is 4.79 Å². The number of amides is 2. The van der Waals surface area contributed by atoms with E-state index in [1.54, 1.807) is 12.1 Å². The predicted molar refractivity (Wildman–Crippen MR) is 83.9 cm³/mol. The van der Waals surface area contributed by atoms with E-state index in [4.69, 9.17) is 16.3 Å². The summed E-state index contributed by atoms with van der Waals surface area (Å²) >= 11 is 5.99. The molecule has 3 N–H and O–H groups in total. The van der Waals surface area contributed by atoms with Gasteiger partial charge in [-0.3, -0.25) is 0 Å². The van der Waals surface area contributed by atoms with Crippen LogP contribution in [0.2, 0.25) is 5.02 Å². The number of aliphatic hydroxyl groups is 1. The molecule has 5 nitrogen and oxygen atoms in total. The molecular formula is C15H23ClN2O3. The largest absolute Gasteiger partial charge is 0.487 e. The molecule has 2 amide bonds. The SMILES string of the molecule is CCCC(O)CNC(=O)NCC(C)Oc1ccccc1Cl. The molecule has 0 heterocycles. The van der Waals surface area contributed by atoms with Gasteiger partial charge in [0, 0.05) is 6.54 Å². The quantitative estimate of drug-likeness (QED) is 0.690. The van der Waals surface area contributed by atoms with Crippen LogP contribution in [0.25, 0.3) is 0 Å². The number of nitrogens with one attached hydrogen (secondary N) is 2. The highest BCUT2D eigenvalue weighted by molar-refractivity contribution is 6.32. The molecule has 0 spiro atoms. The number of para-hydroxylation sites is 1. The second-order valence-corrected chi connectivity index (χ2v) is 5.30. The summed E-state index contributed by atoms with van der Waals surface area (Å²) in [6.07, 6.45) is 0.841. The fraction of sp³-hybridized carbons (Fsp3) is 0.533. The minimum atomic E-state index is -0.502. The molecule has 2 unspecified atom stereocenters.